The van der Waals surface area contributed by atoms with Gasteiger partial charge >= 0.3 is 0 Å². The first kappa shape index (κ1) is 8.85. The summed E-state index contributed by atoms with van der Waals surface area (Å²) in [6.45, 7) is 7.79. The minimum atomic E-state index is 0.0126. The Morgan fingerprint density at radius 1 is 1.33 bits per heavy atom. The first-order valence-corrected chi connectivity index (χ1v) is 3.99. The first-order chi connectivity index (χ1) is 5.55. The van der Waals surface area contributed by atoms with Gasteiger partial charge < -0.3 is 5.11 Å². The lowest BCUT2D eigenvalue weighted by Gasteiger charge is -2.12. The summed E-state index contributed by atoms with van der Waals surface area (Å²) in [6.07, 6.45) is 9.27. The van der Waals surface area contributed by atoms with E-state index in [1.807, 2.05) is 18.2 Å². The molecule has 1 aliphatic rings. The van der Waals surface area contributed by atoms with Gasteiger partial charge in [-0.3, -0.25) is 0 Å². The van der Waals surface area contributed by atoms with Crippen molar-refractivity contribution in [2.24, 2.45) is 5.41 Å². The number of hydrogen-bond donors (Lipinski definition) is 1. The molecule has 0 saturated carbocycles. The molecule has 0 aromatic heterocycles. The predicted molar refractivity (Wildman–Crippen MR) is 51.9 cm³/mol. The van der Waals surface area contributed by atoms with E-state index >= 15 is 0 Å². The second kappa shape index (κ2) is 3.02. The van der Waals surface area contributed by atoms with Crippen LogP contribution in [0.25, 0.3) is 0 Å². The summed E-state index contributed by atoms with van der Waals surface area (Å²) < 4.78 is 0. The second-order valence-corrected chi connectivity index (χ2v) is 3.53. The van der Waals surface area contributed by atoms with Crippen LogP contribution in [0, 0.1) is 5.41 Å². The van der Waals surface area contributed by atoms with Crippen LogP contribution in [-0.4, -0.2) is 5.11 Å². The van der Waals surface area contributed by atoms with Crippen LogP contribution in [0.4, 0.5) is 0 Å². The van der Waals surface area contributed by atoms with Gasteiger partial charge in [-0.25, -0.2) is 0 Å². The molecule has 1 N–H and O–H groups in total. The summed E-state index contributed by atoms with van der Waals surface area (Å²) in [4.78, 5) is 0. The monoisotopic (exact) mass is 162 g/mol. The standard InChI is InChI=1S/C11H14O/c1-4-9-5-7-11(2,3)8-6-10(9)12/h4-8,12H,1H2,2-3H3. The van der Waals surface area contributed by atoms with E-state index in [1.165, 1.54) is 0 Å². The van der Waals surface area contributed by atoms with Crippen molar-refractivity contribution in [2.45, 2.75) is 13.8 Å². The Morgan fingerprint density at radius 2 is 1.92 bits per heavy atom. The molecule has 0 radical (unpaired) electrons. The van der Waals surface area contributed by atoms with Gasteiger partial charge in [-0.1, -0.05) is 44.7 Å². The van der Waals surface area contributed by atoms with E-state index in [4.69, 9.17) is 0 Å². The van der Waals surface area contributed by atoms with Crippen LogP contribution in [0.3, 0.4) is 0 Å². The molecule has 0 unspecified atom stereocenters. The highest BCUT2D eigenvalue weighted by molar-refractivity contribution is 5.40. The van der Waals surface area contributed by atoms with E-state index in [0.717, 1.165) is 5.57 Å². The Morgan fingerprint density at radius 3 is 2.50 bits per heavy atom. The molecule has 0 aliphatic heterocycles. The third-order valence-electron chi connectivity index (χ3n) is 1.88. The Kier molecular flexibility index (Phi) is 2.22. The van der Waals surface area contributed by atoms with Gasteiger partial charge in [0.15, 0.2) is 0 Å². The lowest BCUT2D eigenvalue weighted by molar-refractivity contribution is 0.428. The van der Waals surface area contributed by atoms with Crippen molar-refractivity contribution in [3.63, 3.8) is 0 Å². The van der Waals surface area contributed by atoms with Gasteiger partial charge in [0.05, 0.1) is 0 Å². The van der Waals surface area contributed by atoms with Gasteiger partial charge in [0.25, 0.3) is 0 Å². The van der Waals surface area contributed by atoms with Crippen molar-refractivity contribution < 1.29 is 5.11 Å². The summed E-state index contributed by atoms with van der Waals surface area (Å²) in [6, 6.07) is 0. The van der Waals surface area contributed by atoms with Crippen molar-refractivity contribution in [3.8, 4) is 0 Å². The highest BCUT2D eigenvalue weighted by atomic mass is 16.3. The predicted octanol–water partition coefficient (Wildman–Crippen LogP) is 3.14. The van der Waals surface area contributed by atoms with Crippen molar-refractivity contribution in [2.75, 3.05) is 0 Å². The minimum absolute atomic E-state index is 0.0126. The molecule has 0 spiro atoms. The zero-order valence-electron chi connectivity index (χ0n) is 7.54. The van der Waals surface area contributed by atoms with Crippen LogP contribution in [-0.2, 0) is 0 Å². The Bertz CT molecular complexity index is 277. The topological polar surface area (TPSA) is 20.2 Å². The fourth-order valence-corrected chi connectivity index (χ4v) is 1.01. The van der Waals surface area contributed by atoms with Crippen molar-refractivity contribution in [3.05, 3.63) is 48.3 Å². The molecule has 0 bridgehead atoms. The van der Waals surface area contributed by atoms with E-state index in [1.54, 1.807) is 12.2 Å². The highest BCUT2D eigenvalue weighted by Crippen LogP contribution is 2.24. The van der Waals surface area contributed by atoms with Gasteiger partial charge in [0, 0.05) is 11.0 Å². The smallest absolute Gasteiger partial charge is 0.122 e. The SMILES string of the molecule is C=CC1=C(O)C=CC(C)(C)C=C1. The fraction of sp³-hybridized carbons (Fsp3) is 0.273. The maximum atomic E-state index is 9.45. The van der Waals surface area contributed by atoms with Crippen LogP contribution < -0.4 is 0 Å². The molecule has 12 heavy (non-hydrogen) atoms. The molecule has 0 saturated heterocycles. The molecule has 0 atom stereocenters. The molecule has 1 heteroatoms. The fourth-order valence-electron chi connectivity index (χ4n) is 1.01. The molecule has 1 aliphatic carbocycles. The maximum absolute atomic E-state index is 9.45. The van der Waals surface area contributed by atoms with E-state index in [0.29, 0.717) is 0 Å². The van der Waals surface area contributed by atoms with Crippen LogP contribution in [0.1, 0.15) is 13.8 Å². The van der Waals surface area contributed by atoms with Gasteiger partial charge in [-0.05, 0) is 6.08 Å². The molecule has 0 amide bonds. The second-order valence-electron chi connectivity index (χ2n) is 3.53. The molecule has 0 aromatic rings. The third kappa shape index (κ3) is 1.88. The van der Waals surface area contributed by atoms with Crippen LogP contribution >= 0.6 is 0 Å². The Labute approximate surface area is 73.4 Å². The molecule has 1 nitrogen and oxygen atoms in total. The number of hydrogen-bond acceptors (Lipinski definition) is 1. The van der Waals surface area contributed by atoms with E-state index in [-0.39, 0.29) is 11.2 Å². The van der Waals surface area contributed by atoms with Gasteiger partial charge in [0.1, 0.15) is 5.76 Å². The number of aliphatic hydroxyl groups excluding tert-OH is 1. The molecule has 64 valence electrons. The van der Waals surface area contributed by atoms with Crippen molar-refractivity contribution >= 4 is 0 Å². The quantitative estimate of drug-likeness (QED) is 0.628. The lowest BCUT2D eigenvalue weighted by atomic mass is 9.93. The Hall–Kier alpha value is -1.24. The minimum Gasteiger partial charge on any atom is -0.507 e. The van der Waals surface area contributed by atoms with E-state index < -0.39 is 0 Å². The van der Waals surface area contributed by atoms with Crippen molar-refractivity contribution in [1.82, 2.24) is 0 Å². The number of aliphatic hydroxyl groups is 1. The number of rotatable bonds is 1. The van der Waals surface area contributed by atoms with Crippen LogP contribution in [0.5, 0.6) is 0 Å². The Balaban J connectivity index is 3.07. The molecule has 0 heterocycles. The largest absolute Gasteiger partial charge is 0.507 e. The number of allylic oxidation sites excluding steroid dienone is 6. The average molecular weight is 162 g/mol. The van der Waals surface area contributed by atoms with E-state index in [9.17, 15) is 5.11 Å². The molecule has 0 aromatic carbocycles. The highest BCUT2D eigenvalue weighted by Gasteiger charge is 2.12. The normalized spacial score (nSPS) is 20.8. The van der Waals surface area contributed by atoms with Crippen LogP contribution in [0.2, 0.25) is 0 Å². The summed E-state index contributed by atoms with van der Waals surface area (Å²) in [5, 5.41) is 9.45. The maximum Gasteiger partial charge on any atom is 0.122 e. The summed E-state index contributed by atoms with van der Waals surface area (Å²) in [5.74, 6) is 0.284. The molecule has 0 fully saturated rings. The lowest BCUT2D eigenvalue weighted by Crippen LogP contribution is -2.00. The summed E-state index contributed by atoms with van der Waals surface area (Å²) in [5.41, 5.74) is 0.787. The average Bonchev–Trinajstić information content (AvgIpc) is 2.13. The zero-order valence-corrected chi connectivity index (χ0v) is 7.54. The van der Waals surface area contributed by atoms with E-state index in [2.05, 4.69) is 20.4 Å². The molecule has 1 rings (SSSR count). The van der Waals surface area contributed by atoms with Gasteiger partial charge in [-0.2, -0.15) is 0 Å². The van der Waals surface area contributed by atoms with Gasteiger partial charge in [-0.15, -0.1) is 0 Å². The van der Waals surface area contributed by atoms with Gasteiger partial charge in [0.2, 0.25) is 0 Å². The summed E-state index contributed by atoms with van der Waals surface area (Å²) in [7, 11) is 0. The third-order valence-corrected chi connectivity index (χ3v) is 1.88. The van der Waals surface area contributed by atoms with Crippen LogP contribution in [0.15, 0.2) is 48.3 Å². The summed E-state index contributed by atoms with van der Waals surface area (Å²) >= 11 is 0. The first-order valence-electron chi connectivity index (χ1n) is 3.99. The zero-order chi connectivity index (χ0) is 9.19. The van der Waals surface area contributed by atoms with Crippen molar-refractivity contribution in [1.29, 1.82) is 0 Å². The molecular weight excluding hydrogens is 148 g/mol. The molecular formula is C11H14O.